The highest BCUT2D eigenvalue weighted by molar-refractivity contribution is 6.30. The lowest BCUT2D eigenvalue weighted by molar-refractivity contribution is -0.133. The first-order valence-corrected chi connectivity index (χ1v) is 11.8. The number of nitrogens with zero attached hydrogens (tertiary/aromatic N) is 4. The highest BCUT2D eigenvalue weighted by Crippen LogP contribution is 2.42. The molecule has 7 nitrogen and oxygen atoms in total. The zero-order valence-corrected chi connectivity index (χ0v) is 22.2. The van der Waals surface area contributed by atoms with Gasteiger partial charge in [-0.15, -0.1) is 24.8 Å². The molecule has 1 aliphatic carbocycles. The minimum Gasteiger partial charge on any atom is -0.387 e. The maximum absolute atomic E-state index is 13.5. The monoisotopic (exact) mass is 529 g/mol. The third kappa shape index (κ3) is 6.13. The number of piperazine rings is 1. The number of benzene rings is 1. The summed E-state index contributed by atoms with van der Waals surface area (Å²) in [4.78, 5) is 26.5. The van der Waals surface area contributed by atoms with Gasteiger partial charge >= 0.3 is 0 Å². The summed E-state index contributed by atoms with van der Waals surface area (Å²) >= 11 is 6.06. The Hall–Kier alpha value is -1.64. The van der Waals surface area contributed by atoms with Gasteiger partial charge in [-0.05, 0) is 30.0 Å². The summed E-state index contributed by atoms with van der Waals surface area (Å²) in [6.45, 7) is 9.57. The van der Waals surface area contributed by atoms with Gasteiger partial charge in [-0.2, -0.15) is 0 Å². The molecule has 1 aromatic heterocycles. The van der Waals surface area contributed by atoms with Gasteiger partial charge in [-0.3, -0.25) is 4.79 Å². The number of carbonyl (C=O) groups is 1. The summed E-state index contributed by atoms with van der Waals surface area (Å²) in [6.07, 6.45) is 1.71. The van der Waals surface area contributed by atoms with Crippen molar-refractivity contribution in [3.05, 3.63) is 52.4 Å². The van der Waals surface area contributed by atoms with Crippen molar-refractivity contribution in [3.63, 3.8) is 0 Å². The molecule has 1 amide bonds. The first kappa shape index (κ1) is 28.6. The van der Waals surface area contributed by atoms with Crippen LogP contribution < -0.4 is 10.2 Å². The van der Waals surface area contributed by atoms with Crippen LogP contribution in [-0.2, 0) is 4.79 Å². The topological polar surface area (TPSA) is 81.6 Å². The van der Waals surface area contributed by atoms with Crippen molar-refractivity contribution in [2.24, 2.45) is 0 Å². The predicted molar refractivity (Wildman–Crippen MR) is 141 cm³/mol. The van der Waals surface area contributed by atoms with Crippen LogP contribution in [0.25, 0.3) is 0 Å². The number of anilines is 1. The van der Waals surface area contributed by atoms with E-state index in [1.165, 1.54) is 0 Å². The summed E-state index contributed by atoms with van der Waals surface area (Å²) in [5.74, 6) is 1.02. The Bertz CT molecular complexity index is 952. The fourth-order valence-electron chi connectivity index (χ4n) is 4.71. The van der Waals surface area contributed by atoms with Crippen molar-refractivity contribution in [2.75, 3.05) is 37.6 Å². The highest BCUT2D eigenvalue weighted by Gasteiger charge is 2.35. The van der Waals surface area contributed by atoms with Gasteiger partial charge in [-0.25, -0.2) is 9.97 Å². The molecule has 188 valence electrons. The number of amides is 1. The number of carbonyl (C=O) groups excluding carboxylic acids is 1. The van der Waals surface area contributed by atoms with Crippen molar-refractivity contribution >= 4 is 48.1 Å². The van der Waals surface area contributed by atoms with Crippen LogP contribution in [0, 0.1) is 0 Å². The summed E-state index contributed by atoms with van der Waals surface area (Å²) in [7, 11) is 0. The molecule has 0 radical (unpaired) electrons. The SMILES string of the molecule is CC(C)NCC(C(=O)N1CCN(c2ncnc3c2[C@H](C)C[C@H]3O)CC1)c1ccc(Cl)cc1.Cl.Cl. The molecule has 2 aliphatic rings. The van der Waals surface area contributed by atoms with E-state index >= 15 is 0 Å². The Morgan fingerprint density at radius 2 is 1.79 bits per heavy atom. The molecule has 1 fully saturated rings. The van der Waals surface area contributed by atoms with Gasteiger partial charge < -0.3 is 20.2 Å². The predicted octanol–water partition coefficient (Wildman–Crippen LogP) is 3.94. The van der Waals surface area contributed by atoms with Crippen molar-refractivity contribution in [2.45, 2.75) is 51.2 Å². The van der Waals surface area contributed by atoms with E-state index in [-0.39, 0.29) is 42.6 Å². The second kappa shape index (κ2) is 12.4. The van der Waals surface area contributed by atoms with E-state index in [9.17, 15) is 9.90 Å². The maximum Gasteiger partial charge on any atom is 0.231 e. The maximum atomic E-state index is 13.5. The van der Waals surface area contributed by atoms with Crippen molar-refractivity contribution < 1.29 is 9.90 Å². The lowest BCUT2D eigenvalue weighted by Crippen LogP contribution is -2.51. The zero-order valence-electron chi connectivity index (χ0n) is 19.8. The van der Waals surface area contributed by atoms with Crippen molar-refractivity contribution in [3.8, 4) is 0 Å². The lowest BCUT2D eigenvalue weighted by Gasteiger charge is -2.38. The fourth-order valence-corrected chi connectivity index (χ4v) is 4.84. The lowest BCUT2D eigenvalue weighted by atomic mass is 9.96. The molecule has 1 unspecified atom stereocenters. The van der Waals surface area contributed by atoms with E-state index in [1.54, 1.807) is 6.33 Å². The zero-order chi connectivity index (χ0) is 22.8. The third-order valence-corrected chi connectivity index (χ3v) is 6.72. The van der Waals surface area contributed by atoms with Gasteiger partial charge in [0.2, 0.25) is 5.91 Å². The third-order valence-electron chi connectivity index (χ3n) is 6.47. The normalized spacial score (nSPS) is 20.4. The average molecular weight is 531 g/mol. The molecule has 2 aromatic rings. The number of aromatic nitrogens is 2. The summed E-state index contributed by atoms with van der Waals surface area (Å²) in [6, 6.07) is 7.87. The Morgan fingerprint density at radius 1 is 1.15 bits per heavy atom. The van der Waals surface area contributed by atoms with E-state index in [1.807, 2.05) is 29.2 Å². The quantitative estimate of drug-likeness (QED) is 0.589. The number of hydrogen-bond acceptors (Lipinski definition) is 6. The molecular formula is C24H34Cl3N5O2. The molecular weight excluding hydrogens is 497 g/mol. The molecule has 0 bridgehead atoms. The van der Waals surface area contributed by atoms with Crippen LogP contribution in [0.15, 0.2) is 30.6 Å². The molecule has 34 heavy (non-hydrogen) atoms. The summed E-state index contributed by atoms with van der Waals surface area (Å²) in [5, 5.41) is 14.4. The Labute approximate surface area is 219 Å². The second-order valence-corrected chi connectivity index (χ2v) is 9.56. The number of halogens is 3. The molecule has 0 spiro atoms. The average Bonchev–Trinajstić information content (AvgIpc) is 3.08. The first-order valence-electron chi connectivity index (χ1n) is 11.4. The van der Waals surface area contributed by atoms with Gasteiger partial charge in [0, 0.05) is 49.4 Å². The van der Waals surface area contributed by atoms with Crippen LogP contribution in [-0.4, -0.2) is 64.6 Å². The van der Waals surface area contributed by atoms with Crippen LogP contribution in [0.2, 0.25) is 5.02 Å². The van der Waals surface area contributed by atoms with E-state index < -0.39 is 6.10 Å². The number of hydrogen-bond donors (Lipinski definition) is 2. The smallest absolute Gasteiger partial charge is 0.231 e. The van der Waals surface area contributed by atoms with E-state index in [0.717, 1.165) is 22.6 Å². The van der Waals surface area contributed by atoms with Crippen LogP contribution in [0.1, 0.15) is 62.0 Å². The van der Waals surface area contributed by atoms with Crippen LogP contribution in [0.5, 0.6) is 0 Å². The molecule has 0 saturated carbocycles. The van der Waals surface area contributed by atoms with E-state index in [2.05, 4.69) is 41.0 Å². The highest BCUT2D eigenvalue weighted by atomic mass is 35.5. The minimum absolute atomic E-state index is 0. The van der Waals surface area contributed by atoms with Crippen molar-refractivity contribution in [1.82, 2.24) is 20.2 Å². The fraction of sp³-hybridized carbons (Fsp3) is 0.542. The van der Waals surface area contributed by atoms with Gasteiger partial charge in [0.05, 0.1) is 17.7 Å². The molecule has 2 heterocycles. The van der Waals surface area contributed by atoms with Crippen LogP contribution >= 0.6 is 36.4 Å². The number of nitrogens with one attached hydrogen (secondary N) is 1. The number of fused-ring (bicyclic) bond motifs is 1. The molecule has 3 atom stereocenters. The van der Waals surface area contributed by atoms with Crippen LogP contribution in [0.4, 0.5) is 5.82 Å². The summed E-state index contributed by atoms with van der Waals surface area (Å²) < 4.78 is 0. The Morgan fingerprint density at radius 3 is 2.41 bits per heavy atom. The molecule has 1 aromatic carbocycles. The van der Waals surface area contributed by atoms with Gasteiger partial charge in [-0.1, -0.05) is 44.5 Å². The Kier molecular flexibility index (Phi) is 10.4. The molecule has 1 aliphatic heterocycles. The van der Waals surface area contributed by atoms with Crippen LogP contribution in [0.3, 0.4) is 0 Å². The number of aliphatic hydroxyl groups excluding tert-OH is 1. The van der Waals surface area contributed by atoms with Crippen molar-refractivity contribution in [1.29, 1.82) is 0 Å². The Balaban J connectivity index is 0.00000204. The first-order chi connectivity index (χ1) is 15.3. The number of aliphatic hydroxyl groups is 1. The van der Waals surface area contributed by atoms with E-state index in [0.29, 0.717) is 50.2 Å². The molecule has 4 rings (SSSR count). The second-order valence-electron chi connectivity index (χ2n) is 9.13. The van der Waals surface area contributed by atoms with Gasteiger partial charge in [0.1, 0.15) is 12.1 Å². The minimum atomic E-state index is -0.516. The van der Waals surface area contributed by atoms with Gasteiger partial charge in [0.25, 0.3) is 0 Å². The molecule has 1 saturated heterocycles. The molecule has 10 heteroatoms. The van der Waals surface area contributed by atoms with Gasteiger partial charge in [0.15, 0.2) is 0 Å². The van der Waals surface area contributed by atoms with E-state index in [4.69, 9.17) is 11.6 Å². The largest absolute Gasteiger partial charge is 0.387 e. The molecule has 2 N–H and O–H groups in total. The number of rotatable bonds is 6. The standard InChI is InChI=1S/C24H32ClN5O2.2ClH/c1-15(2)26-13-19(17-4-6-18(25)7-5-17)24(32)30-10-8-29(9-11-30)23-21-16(3)12-20(31)22(21)27-14-28-23;;/h4-7,14-16,19-20,26,31H,8-13H2,1-3H3;2*1H/t16-,19?,20-;;/m1../s1. The summed E-state index contributed by atoms with van der Waals surface area (Å²) in [5.41, 5.74) is 2.79.